The Hall–Kier alpha value is -2.57. The minimum Gasteiger partial charge on any atom is -0.502 e. The zero-order valence-electron chi connectivity index (χ0n) is 14.1. The Morgan fingerprint density at radius 2 is 1.54 bits per heavy atom. The summed E-state index contributed by atoms with van der Waals surface area (Å²) < 4.78 is 21.6. The maximum atomic E-state index is 12.6. The van der Waals surface area contributed by atoms with E-state index >= 15 is 0 Å². The maximum absolute atomic E-state index is 12.6. The first kappa shape index (κ1) is 18.2. The molecule has 0 amide bonds. The molecule has 26 heavy (non-hydrogen) atoms. The van der Waals surface area contributed by atoms with Crippen LogP contribution >= 0.6 is 23.2 Å². The summed E-state index contributed by atoms with van der Waals surface area (Å²) >= 11 is 12.1. The van der Waals surface area contributed by atoms with Gasteiger partial charge in [-0.1, -0.05) is 23.2 Å². The molecule has 0 fully saturated rings. The molecule has 0 saturated heterocycles. The monoisotopic (exact) mass is 396 g/mol. The Morgan fingerprint density at radius 3 is 2.15 bits per heavy atom. The molecule has 0 spiro atoms. The van der Waals surface area contributed by atoms with E-state index in [4.69, 9.17) is 41.8 Å². The van der Waals surface area contributed by atoms with Crippen LogP contribution in [0.4, 0.5) is 0 Å². The van der Waals surface area contributed by atoms with Crippen molar-refractivity contribution in [2.24, 2.45) is 0 Å². The van der Waals surface area contributed by atoms with Crippen LogP contribution in [0.5, 0.6) is 23.0 Å². The highest BCUT2D eigenvalue weighted by atomic mass is 35.5. The third kappa shape index (κ3) is 2.91. The van der Waals surface area contributed by atoms with Crippen LogP contribution in [0.2, 0.25) is 10.0 Å². The molecule has 0 atom stereocenters. The van der Waals surface area contributed by atoms with Crippen molar-refractivity contribution in [3.63, 3.8) is 0 Å². The lowest BCUT2D eigenvalue weighted by Gasteiger charge is -2.14. The standard InChI is InChI=1S/C18H14Cl2O6/c1-23-12-7-14(25-3)13(24-2)6-9(12)18-16(22)15(21)10-4-8(19)5-11(20)17(10)26-18/h4-7,22H,1-3H3. The van der Waals surface area contributed by atoms with E-state index in [1.165, 1.54) is 39.5 Å². The minimum atomic E-state index is -0.664. The van der Waals surface area contributed by atoms with E-state index in [1.54, 1.807) is 6.07 Å². The van der Waals surface area contributed by atoms with Gasteiger partial charge in [-0.15, -0.1) is 0 Å². The van der Waals surface area contributed by atoms with Gasteiger partial charge >= 0.3 is 0 Å². The Labute approximate surface area is 158 Å². The Morgan fingerprint density at radius 1 is 0.923 bits per heavy atom. The molecule has 136 valence electrons. The van der Waals surface area contributed by atoms with Crippen LogP contribution in [-0.2, 0) is 0 Å². The number of ether oxygens (including phenoxy) is 3. The largest absolute Gasteiger partial charge is 0.502 e. The molecule has 0 bridgehead atoms. The van der Waals surface area contributed by atoms with Gasteiger partial charge in [0.1, 0.15) is 5.75 Å². The van der Waals surface area contributed by atoms with E-state index in [0.29, 0.717) is 22.8 Å². The minimum absolute atomic E-state index is 0.0724. The fourth-order valence-corrected chi connectivity index (χ4v) is 3.14. The molecule has 1 aromatic heterocycles. The number of rotatable bonds is 4. The highest BCUT2D eigenvalue weighted by Crippen LogP contribution is 2.43. The highest BCUT2D eigenvalue weighted by Gasteiger charge is 2.22. The van der Waals surface area contributed by atoms with Gasteiger partial charge in [0.2, 0.25) is 11.2 Å². The summed E-state index contributed by atoms with van der Waals surface area (Å²) in [5.41, 5.74) is -0.263. The molecule has 0 aliphatic rings. The second-order valence-electron chi connectivity index (χ2n) is 5.28. The zero-order chi connectivity index (χ0) is 19.0. The molecule has 8 heteroatoms. The van der Waals surface area contributed by atoms with Gasteiger partial charge in [0.05, 0.1) is 37.3 Å². The van der Waals surface area contributed by atoms with Crippen molar-refractivity contribution < 1.29 is 23.7 Å². The SMILES string of the molecule is COc1cc(OC)c(-c2oc3c(Cl)cc(Cl)cc3c(=O)c2O)cc1OC. The fraction of sp³-hybridized carbons (Fsp3) is 0.167. The summed E-state index contributed by atoms with van der Waals surface area (Å²) in [6, 6.07) is 5.91. The maximum Gasteiger partial charge on any atom is 0.235 e. The summed E-state index contributed by atoms with van der Waals surface area (Å²) in [5.74, 6) is 0.393. The normalized spacial score (nSPS) is 10.8. The lowest BCUT2D eigenvalue weighted by molar-refractivity contribution is 0.349. The Balaban J connectivity index is 2.39. The summed E-state index contributed by atoms with van der Waals surface area (Å²) in [4.78, 5) is 12.6. The third-order valence-electron chi connectivity index (χ3n) is 3.84. The summed E-state index contributed by atoms with van der Waals surface area (Å²) in [6.07, 6.45) is 0. The third-order valence-corrected chi connectivity index (χ3v) is 4.34. The first-order valence-corrected chi connectivity index (χ1v) is 8.12. The zero-order valence-corrected chi connectivity index (χ0v) is 15.6. The van der Waals surface area contributed by atoms with Crippen molar-refractivity contribution in [3.05, 3.63) is 44.5 Å². The smallest absolute Gasteiger partial charge is 0.235 e. The number of methoxy groups -OCH3 is 3. The molecule has 1 heterocycles. The van der Waals surface area contributed by atoms with Crippen molar-refractivity contribution in [2.75, 3.05) is 21.3 Å². The highest BCUT2D eigenvalue weighted by molar-refractivity contribution is 6.38. The number of halogens is 2. The van der Waals surface area contributed by atoms with Gasteiger partial charge in [0.25, 0.3) is 0 Å². The summed E-state index contributed by atoms with van der Waals surface area (Å²) in [5, 5.41) is 10.9. The van der Waals surface area contributed by atoms with Crippen molar-refractivity contribution >= 4 is 34.2 Å². The lowest BCUT2D eigenvalue weighted by atomic mass is 10.1. The van der Waals surface area contributed by atoms with E-state index in [9.17, 15) is 9.90 Å². The fourth-order valence-electron chi connectivity index (χ4n) is 2.60. The summed E-state index contributed by atoms with van der Waals surface area (Å²) in [6.45, 7) is 0. The quantitative estimate of drug-likeness (QED) is 0.699. The molecule has 3 aromatic rings. The molecule has 6 nitrogen and oxygen atoms in total. The predicted molar refractivity (Wildman–Crippen MR) is 99.3 cm³/mol. The average Bonchev–Trinajstić information content (AvgIpc) is 2.64. The molecule has 2 aromatic carbocycles. The van der Waals surface area contributed by atoms with Crippen molar-refractivity contribution in [1.29, 1.82) is 0 Å². The van der Waals surface area contributed by atoms with Crippen LogP contribution in [0.3, 0.4) is 0 Å². The number of fused-ring (bicyclic) bond motifs is 1. The van der Waals surface area contributed by atoms with Gasteiger partial charge in [0, 0.05) is 11.1 Å². The van der Waals surface area contributed by atoms with Crippen LogP contribution in [0.15, 0.2) is 33.5 Å². The second-order valence-corrected chi connectivity index (χ2v) is 6.12. The van der Waals surface area contributed by atoms with Gasteiger partial charge in [-0.25, -0.2) is 0 Å². The van der Waals surface area contributed by atoms with Gasteiger partial charge in [-0.3, -0.25) is 4.79 Å². The van der Waals surface area contributed by atoms with Gasteiger partial charge in [-0.05, 0) is 18.2 Å². The molecule has 0 radical (unpaired) electrons. The van der Waals surface area contributed by atoms with Crippen LogP contribution < -0.4 is 19.6 Å². The van der Waals surface area contributed by atoms with Crippen LogP contribution in [0.25, 0.3) is 22.3 Å². The lowest BCUT2D eigenvalue weighted by Crippen LogP contribution is -2.04. The average molecular weight is 397 g/mol. The van der Waals surface area contributed by atoms with Crippen molar-refractivity contribution in [1.82, 2.24) is 0 Å². The molecule has 0 aliphatic heterocycles. The van der Waals surface area contributed by atoms with E-state index < -0.39 is 11.2 Å². The van der Waals surface area contributed by atoms with Crippen LogP contribution in [0.1, 0.15) is 0 Å². The Bertz CT molecular complexity index is 1060. The van der Waals surface area contributed by atoms with E-state index in [1.807, 2.05) is 0 Å². The summed E-state index contributed by atoms with van der Waals surface area (Å²) in [7, 11) is 4.38. The van der Waals surface area contributed by atoms with Gasteiger partial charge in [-0.2, -0.15) is 0 Å². The first-order valence-electron chi connectivity index (χ1n) is 7.36. The molecule has 0 aliphatic carbocycles. The molecular weight excluding hydrogens is 383 g/mol. The molecule has 0 unspecified atom stereocenters. The number of aromatic hydroxyl groups is 1. The first-order chi connectivity index (χ1) is 12.4. The molecule has 0 saturated carbocycles. The predicted octanol–water partition coefficient (Wildman–Crippen LogP) is 4.50. The Kier molecular flexibility index (Phi) is 4.89. The van der Waals surface area contributed by atoms with E-state index in [2.05, 4.69) is 0 Å². The van der Waals surface area contributed by atoms with Crippen LogP contribution in [-0.4, -0.2) is 26.4 Å². The number of hydrogen-bond acceptors (Lipinski definition) is 6. The van der Waals surface area contributed by atoms with E-state index in [-0.39, 0.29) is 26.8 Å². The topological polar surface area (TPSA) is 78.1 Å². The van der Waals surface area contributed by atoms with Crippen molar-refractivity contribution in [2.45, 2.75) is 0 Å². The van der Waals surface area contributed by atoms with Crippen molar-refractivity contribution in [3.8, 4) is 34.3 Å². The van der Waals surface area contributed by atoms with E-state index in [0.717, 1.165) is 0 Å². The van der Waals surface area contributed by atoms with Gasteiger partial charge < -0.3 is 23.7 Å². The second kappa shape index (κ2) is 6.97. The molecular formula is C18H14Cl2O6. The number of hydrogen-bond donors (Lipinski definition) is 1. The molecule has 1 N–H and O–H groups in total. The number of benzene rings is 2. The van der Waals surface area contributed by atoms with Gasteiger partial charge in [0.15, 0.2) is 22.8 Å². The van der Waals surface area contributed by atoms with Crippen LogP contribution in [0, 0.1) is 0 Å². The molecule has 3 rings (SSSR count).